The third-order valence-corrected chi connectivity index (χ3v) is 5.08. The summed E-state index contributed by atoms with van der Waals surface area (Å²) in [7, 11) is 0. The average molecular weight is 286 g/mol. The van der Waals surface area contributed by atoms with E-state index in [2.05, 4.69) is 15.1 Å². The smallest absolute Gasteiger partial charge is 0.129 e. The number of halogens is 1. The summed E-state index contributed by atoms with van der Waals surface area (Å²) in [4.78, 5) is 7.75. The van der Waals surface area contributed by atoms with Crippen molar-refractivity contribution in [2.75, 3.05) is 0 Å². The Morgan fingerprint density at radius 2 is 2.25 bits per heavy atom. The summed E-state index contributed by atoms with van der Waals surface area (Å²) in [6, 6.07) is 1.93. The Bertz CT molecular complexity index is 793. The first-order valence-corrected chi connectivity index (χ1v) is 7.27. The van der Waals surface area contributed by atoms with E-state index in [1.54, 1.807) is 0 Å². The van der Waals surface area contributed by atoms with E-state index >= 15 is 0 Å². The fourth-order valence-electron chi connectivity index (χ4n) is 3.89. The van der Waals surface area contributed by atoms with Crippen molar-refractivity contribution in [3.8, 4) is 11.3 Å². The molecule has 100 valence electrons. The number of rotatable bonds is 0. The van der Waals surface area contributed by atoms with Gasteiger partial charge in [0.1, 0.15) is 5.15 Å². The first-order valence-electron chi connectivity index (χ1n) is 6.89. The SMILES string of the molecule is ON=C1c2c([nH]c3c2CCc2cnc(Cl)cc2-3)C2CC12. The van der Waals surface area contributed by atoms with Crippen LogP contribution in [0.15, 0.2) is 17.4 Å². The van der Waals surface area contributed by atoms with Gasteiger partial charge in [0.2, 0.25) is 0 Å². The highest BCUT2D eigenvalue weighted by Crippen LogP contribution is 2.58. The van der Waals surface area contributed by atoms with Crippen LogP contribution in [-0.4, -0.2) is 20.9 Å². The van der Waals surface area contributed by atoms with Gasteiger partial charge in [0, 0.05) is 40.5 Å². The number of aryl methyl sites for hydroxylation is 1. The number of fused-ring (bicyclic) bond motifs is 7. The van der Waals surface area contributed by atoms with E-state index in [-0.39, 0.29) is 0 Å². The zero-order valence-corrected chi connectivity index (χ0v) is 11.4. The van der Waals surface area contributed by atoms with Crippen molar-refractivity contribution < 1.29 is 5.21 Å². The summed E-state index contributed by atoms with van der Waals surface area (Å²) in [6.45, 7) is 0. The van der Waals surface area contributed by atoms with Gasteiger partial charge in [-0.3, -0.25) is 0 Å². The Kier molecular flexibility index (Phi) is 1.88. The van der Waals surface area contributed by atoms with Crippen LogP contribution < -0.4 is 0 Å². The summed E-state index contributed by atoms with van der Waals surface area (Å²) in [5.74, 6) is 0.969. The molecular weight excluding hydrogens is 274 g/mol. The lowest BCUT2D eigenvalue weighted by atomic mass is 9.88. The van der Waals surface area contributed by atoms with Gasteiger partial charge in [0.05, 0.1) is 5.71 Å². The summed E-state index contributed by atoms with van der Waals surface area (Å²) in [5.41, 5.74) is 8.12. The maximum absolute atomic E-state index is 9.31. The second-order valence-corrected chi connectivity index (χ2v) is 6.25. The van der Waals surface area contributed by atoms with E-state index in [1.165, 1.54) is 22.4 Å². The number of hydrogen-bond acceptors (Lipinski definition) is 3. The Morgan fingerprint density at radius 1 is 1.35 bits per heavy atom. The molecule has 1 saturated carbocycles. The number of oxime groups is 1. The van der Waals surface area contributed by atoms with Crippen molar-refractivity contribution in [3.05, 3.63) is 39.8 Å². The van der Waals surface area contributed by atoms with Gasteiger partial charge in [-0.2, -0.15) is 0 Å². The number of nitrogens with zero attached hydrogens (tertiary/aromatic N) is 2. The maximum Gasteiger partial charge on any atom is 0.129 e. The minimum Gasteiger partial charge on any atom is -0.411 e. The van der Waals surface area contributed by atoms with E-state index in [0.29, 0.717) is 17.0 Å². The Balaban J connectivity index is 1.79. The van der Waals surface area contributed by atoms with Crippen LogP contribution in [0.5, 0.6) is 0 Å². The van der Waals surface area contributed by atoms with Crippen LogP contribution >= 0.6 is 11.6 Å². The second-order valence-electron chi connectivity index (χ2n) is 5.87. The first-order chi connectivity index (χ1) is 9.78. The van der Waals surface area contributed by atoms with Crippen molar-refractivity contribution in [1.29, 1.82) is 0 Å². The summed E-state index contributed by atoms with van der Waals surface area (Å²) in [6.07, 6.45) is 4.91. The highest BCUT2D eigenvalue weighted by molar-refractivity contribution is 6.29. The molecule has 0 aromatic carbocycles. The molecule has 1 fully saturated rings. The molecule has 20 heavy (non-hydrogen) atoms. The van der Waals surface area contributed by atoms with Gasteiger partial charge in [-0.1, -0.05) is 16.8 Å². The lowest BCUT2D eigenvalue weighted by Crippen LogP contribution is -2.09. The Morgan fingerprint density at radius 3 is 3.10 bits per heavy atom. The molecule has 2 atom stereocenters. The van der Waals surface area contributed by atoms with Crippen molar-refractivity contribution in [2.24, 2.45) is 11.1 Å². The molecule has 0 bridgehead atoms. The summed E-state index contributed by atoms with van der Waals surface area (Å²) < 4.78 is 0. The molecule has 2 aromatic rings. The topological polar surface area (TPSA) is 61.3 Å². The number of H-pyrrole nitrogens is 1. The lowest BCUT2D eigenvalue weighted by molar-refractivity contribution is 0.317. The molecule has 0 saturated heterocycles. The minimum atomic E-state index is 0.439. The van der Waals surface area contributed by atoms with Gasteiger partial charge in [0.15, 0.2) is 0 Å². The van der Waals surface area contributed by atoms with Crippen molar-refractivity contribution >= 4 is 17.3 Å². The third-order valence-electron chi connectivity index (χ3n) is 4.88. The standard InChI is InChI=1S/C15H12ClN3O/c16-11-4-8-6(5-17-11)1-2-7-12-14(18-13(7)8)9-3-10(9)15(12)19-20/h4-5,9-10,18,20H,1-3H2. The van der Waals surface area contributed by atoms with Crippen LogP contribution in [-0.2, 0) is 12.8 Å². The lowest BCUT2D eigenvalue weighted by Gasteiger charge is -2.17. The molecule has 3 aliphatic carbocycles. The highest BCUT2D eigenvalue weighted by Gasteiger charge is 2.53. The molecular formula is C15H12ClN3O. The largest absolute Gasteiger partial charge is 0.411 e. The van der Waals surface area contributed by atoms with Crippen LogP contribution in [0.4, 0.5) is 0 Å². The zero-order valence-electron chi connectivity index (χ0n) is 10.7. The molecule has 2 N–H and O–H groups in total. The number of hydrogen-bond donors (Lipinski definition) is 2. The van der Waals surface area contributed by atoms with E-state index in [4.69, 9.17) is 11.6 Å². The fourth-order valence-corrected chi connectivity index (χ4v) is 4.04. The van der Waals surface area contributed by atoms with Gasteiger partial charge >= 0.3 is 0 Å². The van der Waals surface area contributed by atoms with E-state index in [0.717, 1.165) is 36.2 Å². The molecule has 5 rings (SSSR count). The predicted molar refractivity (Wildman–Crippen MR) is 75.6 cm³/mol. The maximum atomic E-state index is 9.31. The molecule has 5 heteroatoms. The van der Waals surface area contributed by atoms with Crippen molar-refractivity contribution in [1.82, 2.24) is 9.97 Å². The fraction of sp³-hybridized carbons (Fsp3) is 0.333. The van der Waals surface area contributed by atoms with Crippen LogP contribution in [0, 0.1) is 5.92 Å². The van der Waals surface area contributed by atoms with Crippen molar-refractivity contribution in [2.45, 2.75) is 25.2 Å². The average Bonchev–Trinajstić information content (AvgIpc) is 3.04. The number of aromatic nitrogens is 2. The molecule has 2 unspecified atom stereocenters. The predicted octanol–water partition coefficient (Wildman–Crippen LogP) is 3.12. The van der Waals surface area contributed by atoms with Gasteiger partial charge in [-0.15, -0.1) is 0 Å². The number of nitrogens with one attached hydrogen (secondary N) is 1. The summed E-state index contributed by atoms with van der Waals surface area (Å²) in [5, 5.41) is 13.4. The minimum absolute atomic E-state index is 0.439. The quantitative estimate of drug-likeness (QED) is 0.444. The van der Waals surface area contributed by atoms with Gasteiger partial charge in [-0.25, -0.2) is 4.98 Å². The summed E-state index contributed by atoms with van der Waals surface area (Å²) >= 11 is 6.04. The Labute approximate surface area is 120 Å². The van der Waals surface area contributed by atoms with Crippen LogP contribution in [0.25, 0.3) is 11.3 Å². The Hall–Kier alpha value is -1.81. The molecule has 3 aliphatic rings. The molecule has 4 nitrogen and oxygen atoms in total. The van der Waals surface area contributed by atoms with Crippen LogP contribution in [0.1, 0.15) is 34.7 Å². The van der Waals surface area contributed by atoms with E-state index in [9.17, 15) is 5.21 Å². The molecule has 2 heterocycles. The number of aromatic amines is 1. The van der Waals surface area contributed by atoms with E-state index < -0.39 is 0 Å². The van der Waals surface area contributed by atoms with Crippen molar-refractivity contribution in [3.63, 3.8) is 0 Å². The van der Waals surface area contributed by atoms with Gasteiger partial charge in [0.25, 0.3) is 0 Å². The van der Waals surface area contributed by atoms with Crippen LogP contribution in [0.3, 0.4) is 0 Å². The van der Waals surface area contributed by atoms with Gasteiger partial charge in [-0.05, 0) is 36.5 Å². The molecule has 0 spiro atoms. The van der Waals surface area contributed by atoms with E-state index in [1.807, 2.05) is 12.3 Å². The highest BCUT2D eigenvalue weighted by atomic mass is 35.5. The second kappa shape index (κ2) is 3.44. The molecule has 2 aromatic heterocycles. The van der Waals surface area contributed by atoms with Gasteiger partial charge < -0.3 is 10.2 Å². The van der Waals surface area contributed by atoms with Crippen LogP contribution in [0.2, 0.25) is 5.15 Å². The normalized spacial score (nSPS) is 26.9. The molecule has 0 radical (unpaired) electrons. The molecule has 0 aliphatic heterocycles. The first kappa shape index (κ1) is 10.9. The molecule has 0 amide bonds. The third kappa shape index (κ3) is 1.18. The zero-order chi connectivity index (χ0) is 13.4. The number of pyridine rings is 1. The monoisotopic (exact) mass is 285 g/mol.